The lowest BCUT2D eigenvalue weighted by molar-refractivity contribution is 0.181. The highest BCUT2D eigenvalue weighted by atomic mass is 32.2. The minimum Gasteiger partial charge on any atom is -0.313 e. The molecule has 1 fully saturated rings. The Morgan fingerprint density at radius 1 is 1.35 bits per heavy atom. The van der Waals surface area contributed by atoms with Crippen LogP contribution in [0.3, 0.4) is 0 Å². The molecule has 0 unspecified atom stereocenters. The third-order valence-electron chi connectivity index (χ3n) is 3.56. The minimum atomic E-state index is 0.677. The van der Waals surface area contributed by atoms with Crippen molar-refractivity contribution in [3.8, 4) is 0 Å². The van der Waals surface area contributed by atoms with Crippen molar-refractivity contribution in [3.63, 3.8) is 0 Å². The van der Waals surface area contributed by atoms with E-state index in [9.17, 15) is 0 Å². The maximum Gasteiger partial charge on any atom is 0.209 e. The molecule has 0 saturated carbocycles. The molecule has 1 saturated heterocycles. The lowest BCUT2D eigenvalue weighted by Gasteiger charge is -2.33. The SMILES string of the molecule is CC(C)CN1CCC(NCCSc2nnnn2C)CC1. The van der Waals surface area contributed by atoms with Crippen LogP contribution in [0.25, 0.3) is 0 Å². The number of thioether (sulfide) groups is 1. The summed E-state index contributed by atoms with van der Waals surface area (Å²) in [5.74, 6) is 1.79. The monoisotopic (exact) mass is 298 g/mol. The molecule has 1 aliphatic heterocycles. The Kier molecular flexibility index (Phi) is 6.25. The number of tetrazole rings is 1. The van der Waals surface area contributed by atoms with Crippen LogP contribution in [0.5, 0.6) is 0 Å². The number of nitrogens with one attached hydrogen (secondary N) is 1. The lowest BCUT2D eigenvalue weighted by Crippen LogP contribution is -2.44. The average Bonchev–Trinajstić information content (AvgIpc) is 2.82. The highest BCUT2D eigenvalue weighted by Gasteiger charge is 2.18. The molecule has 20 heavy (non-hydrogen) atoms. The Morgan fingerprint density at radius 2 is 2.10 bits per heavy atom. The van der Waals surface area contributed by atoms with E-state index in [1.54, 1.807) is 16.4 Å². The van der Waals surface area contributed by atoms with Gasteiger partial charge in [-0.25, -0.2) is 4.68 Å². The van der Waals surface area contributed by atoms with Gasteiger partial charge in [0.2, 0.25) is 5.16 Å². The van der Waals surface area contributed by atoms with Gasteiger partial charge in [0, 0.05) is 31.9 Å². The average molecular weight is 298 g/mol. The number of hydrogen-bond donors (Lipinski definition) is 1. The van der Waals surface area contributed by atoms with Crippen LogP contribution in [0, 0.1) is 5.92 Å². The molecule has 0 aliphatic carbocycles. The van der Waals surface area contributed by atoms with Gasteiger partial charge in [0.15, 0.2) is 0 Å². The second-order valence-electron chi connectivity index (χ2n) is 5.86. The number of aryl methyl sites for hydroxylation is 1. The topological polar surface area (TPSA) is 58.9 Å². The maximum atomic E-state index is 3.97. The molecule has 1 aromatic rings. The maximum absolute atomic E-state index is 3.97. The predicted octanol–water partition coefficient (Wildman–Crippen LogP) is 1.01. The van der Waals surface area contributed by atoms with Crippen LogP contribution in [-0.2, 0) is 7.05 Å². The van der Waals surface area contributed by atoms with Gasteiger partial charge in [-0.1, -0.05) is 25.6 Å². The molecular weight excluding hydrogens is 272 g/mol. The van der Waals surface area contributed by atoms with Crippen LogP contribution < -0.4 is 5.32 Å². The first kappa shape index (κ1) is 15.7. The van der Waals surface area contributed by atoms with Crippen molar-refractivity contribution in [2.45, 2.75) is 37.9 Å². The first-order valence-corrected chi connectivity index (χ1v) is 8.44. The highest BCUT2D eigenvalue weighted by molar-refractivity contribution is 7.99. The van der Waals surface area contributed by atoms with Gasteiger partial charge in [-0.05, 0) is 42.3 Å². The molecule has 0 aromatic carbocycles. The van der Waals surface area contributed by atoms with Gasteiger partial charge in [-0.2, -0.15) is 0 Å². The largest absolute Gasteiger partial charge is 0.313 e. The van der Waals surface area contributed by atoms with Gasteiger partial charge >= 0.3 is 0 Å². The Bertz CT molecular complexity index is 386. The normalized spacial score (nSPS) is 18.0. The molecule has 0 bridgehead atoms. The van der Waals surface area contributed by atoms with Gasteiger partial charge < -0.3 is 10.2 Å². The van der Waals surface area contributed by atoms with E-state index in [1.165, 1.54) is 32.5 Å². The summed E-state index contributed by atoms with van der Waals surface area (Å²) in [7, 11) is 1.88. The van der Waals surface area contributed by atoms with Crippen molar-refractivity contribution < 1.29 is 0 Å². The van der Waals surface area contributed by atoms with Crippen molar-refractivity contribution in [2.24, 2.45) is 13.0 Å². The summed E-state index contributed by atoms with van der Waals surface area (Å²) in [4.78, 5) is 2.59. The van der Waals surface area contributed by atoms with E-state index in [4.69, 9.17) is 0 Å². The smallest absolute Gasteiger partial charge is 0.209 e. The fourth-order valence-corrected chi connectivity index (χ4v) is 3.31. The van der Waals surface area contributed by atoms with E-state index in [-0.39, 0.29) is 0 Å². The lowest BCUT2D eigenvalue weighted by atomic mass is 10.0. The van der Waals surface area contributed by atoms with E-state index in [0.717, 1.165) is 23.4 Å². The Labute approximate surface area is 125 Å². The van der Waals surface area contributed by atoms with Crippen LogP contribution in [0.1, 0.15) is 26.7 Å². The minimum absolute atomic E-state index is 0.677. The molecule has 0 radical (unpaired) electrons. The zero-order chi connectivity index (χ0) is 14.4. The molecule has 2 heterocycles. The molecule has 7 heteroatoms. The summed E-state index contributed by atoms with van der Waals surface area (Å²) in [6.07, 6.45) is 2.53. The molecule has 2 rings (SSSR count). The zero-order valence-electron chi connectivity index (χ0n) is 12.7. The summed E-state index contributed by atoms with van der Waals surface area (Å²) < 4.78 is 1.72. The molecule has 0 amide bonds. The number of likely N-dealkylation sites (tertiary alicyclic amines) is 1. The third kappa shape index (κ3) is 5.03. The molecule has 0 atom stereocenters. The first-order valence-electron chi connectivity index (χ1n) is 7.46. The molecule has 1 aromatic heterocycles. The molecule has 6 nitrogen and oxygen atoms in total. The number of aromatic nitrogens is 4. The summed E-state index contributed by atoms with van der Waals surface area (Å²) >= 11 is 1.71. The predicted molar refractivity (Wildman–Crippen MR) is 81.8 cm³/mol. The van der Waals surface area contributed by atoms with E-state index in [0.29, 0.717) is 6.04 Å². The van der Waals surface area contributed by atoms with Crippen molar-refractivity contribution in [3.05, 3.63) is 0 Å². The Hall–Kier alpha value is -0.660. The summed E-state index contributed by atoms with van der Waals surface area (Å²) in [5.41, 5.74) is 0. The van der Waals surface area contributed by atoms with Crippen LogP contribution in [0.4, 0.5) is 0 Å². The van der Waals surface area contributed by atoms with Crippen LogP contribution >= 0.6 is 11.8 Å². The Balaban J connectivity index is 1.56. The molecule has 1 N–H and O–H groups in total. The van der Waals surface area contributed by atoms with Gasteiger partial charge in [-0.3, -0.25) is 0 Å². The molecular formula is C13H26N6S. The number of piperidine rings is 1. The highest BCUT2D eigenvalue weighted by Crippen LogP contribution is 2.14. The number of nitrogens with zero attached hydrogens (tertiary/aromatic N) is 5. The van der Waals surface area contributed by atoms with Crippen molar-refractivity contribution in [2.75, 3.05) is 31.9 Å². The molecule has 0 spiro atoms. The molecule has 114 valence electrons. The fraction of sp³-hybridized carbons (Fsp3) is 0.923. The van der Waals surface area contributed by atoms with Gasteiger partial charge in [-0.15, -0.1) is 5.10 Å². The van der Waals surface area contributed by atoms with Crippen molar-refractivity contribution >= 4 is 11.8 Å². The standard InChI is InChI=1S/C13H26N6S/c1-11(2)10-19-7-4-12(5-8-19)14-6-9-20-13-15-16-17-18(13)3/h11-12,14H,4-10H2,1-3H3. The van der Waals surface area contributed by atoms with Gasteiger partial charge in [0.25, 0.3) is 0 Å². The van der Waals surface area contributed by atoms with Crippen molar-refractivity contribution in [1.82, 2.24) is 30.4 Å². The van der Waals surface area contributed by atoms with Crippen LogP contribution in [0.2, 0.25) is 0 Å². The fourth-order valence-electron chi connectivity index (χ4n) is 2.58. The number of rotatable bonds is 7. The van der Waals surface area contributed by atoms with E-state index < -0.39 is 0 Å². The van der Waals surface area contributed by atoms with Crippen molar-refractivity contribution in [1.29, 1.82) is 0 Å². The second kappa shape index (κ2) is 7.95. The zero-order valence-corrected chi connectivity index (χ0v) is 13.6. The van der Waals surface area contributed by atoms with E-state index >= 15 is 0 Å². The van der Waals surface area contributed by atoms with E-state index in [1.807, 2.05) is 7.05 Å². The summed E-state index contributed by atoms with van der Waals surface area (Å²) in [6, 6.07) is 0.677. The van der Waals surface area contributed by atoms with E-state index in [2.05, 4.69) is 39.6 Å². The Morgan fingerprint density at radius 3 is 2.70 bits per heavy atom. The van der Waals surface area contributed by atoms with Gasteiger partial charge in [0.1, 0.15) is 0 Å². The summed E-state index contributed by atoms with van der Waals surface area (Å²) in [6.45, 7) is 9.31. The molecule has 1 aliphatic rings. The van der Waals surface area contributed by atoms with Crippen LogP contribution in [0.15, 0.2) is 5.16 Å². The third-order valence-corrected chi connectivity index (χ3v) is 4.57. The summed E-state index contributed by atoms with van der Waals surface area (Å²) in [5, 5.41) is 16.0. The van der Waals surface area contributed by atoms with Gasteiger partial charge in [0.05, 0.1) is 0 Å². The van der Waals surface area contributed by atoms with Crippen LogP contribution in [-0.4, -0.2) is 63.1 Å². The second-order valence-corrected chi connectivity index (χ2v) is 6.92. The quantitative estimate of drug-likeness (QED) is 0.599. The first-order chi connectivity index (χ1) is 9.65. The number of hydrogen-bond acceptors (Lipinski definition) is 6.